The number of thiazole rings is 1. The van der Waals surface area contributed by atoms with Crippen LogP contribution in [0.5, 0.6) is 0 Å². The molecule has 2 amide bonds. The van der Waals surface area contributed by atoms with Crippen molar-refractivity contribution in [2.24, 2.45) is 11.8 Å². The van der Waals surface area contributed by atoms with E-state index >= 15 is 0 Å². The Kier molecular flexibility index (Phi) is 13.4. The monoisotopic (exact) mass is 624 g/mol. The van der Waals surface area contributed by atoms with Gasteiger partial charge in [-0.2, -0.15) is 0 Å². The maximum atomic E-state index is 14.0. The lowest BCUT2D eigenvalue weighted by molar-refractivity contribution is -0.127. The van der Waals surface area contributed by atoms with Crippen LogP contribution in [0.4, 0.5) is 0 Å². The standard InChI is InChI=1S/C35H52N4O4S/c1-5-29(40)13-9-12-28(21-33-37-30-15-14-27(24(2)3)20-32(30)44-33)35(42)38-31(26-10-7-6-8-11-26)22-36-34(41)25(4)23-39-16-18-43-19-17-39/h14-15,20,24,26,28,31H,4-13,16-19,21-23H2,1-3H3,(H,36,41)(H,38,42)/t28-,31+/m0/s1. The Hall–Kier alpha value is -2.62. The SMILES string of the molecule is C=C(CN1CCOCC1)C(=O)NC[C@@H](NC(=O)[C@@H](CCCC(=O)CC)Cc1nc2ccc(C(C)C)cc2s1)C1CCCCC1. The van der Waals surface area contributed by atoms with Gasteiger partial charge in [0.1, 0.15) is 5.78 Å². The number of rotatable bonds is 16. The molecular weight excluding hydrogens is 572 g/mol. The van der Waals surface area contributed by atoms with Gasteiger partial charge in [0.15, 0.2) is 0 Å². The van der Waals surface area contributed by atoms with Crippen LogP contribution in [-0.4, -0.2) is 72.9 Å². The maximum Gasteiger partial charge on any atom is 0.247 e. The highest BCUT2D eigenvalue weighted by Gasteiger charge is 2.29. The first-order chi connectivity index (χ1) is 21.2. The molecule has 0 spiro atoms. The fourth-order valence-corrected chi connectivity index (χ4v) is 7.39. The van der Waals surface area contributed by atoms with Crippen LogP contribution in [0.25, 0.3) is 10.2 Å². The van der Waals surface area contributed by atoms with Crippen LogP contribution in [0.15, 0.2) is 30.4 Å². The first-order valence-electron chi connectivity index (χ1n) is 16.7. The predicted molar refractivity (Wildman–Crippen MR) is 178 cm³/mol. The lowest BCUT2D eigenvalue weighted by atomic mass is 9.83. The second-order valence-electron chi connectivity index (χ2n) is 12.9. The van der Waals surface area contributed by atoms with Crippen LogP contribution in [0.3, 0.4) is 0 Å². The molecule has 1 saturated heterocycles. The van der Waals surface area contributed by atoms with Crippen molar-refractivity contribution in [1.29, 1.82) is 0 Å². The summed E-state index contributed by atoms with van der Waals surface area (Å²) in [7, 11) is 0. The van der Waals surface area contributed by atoms with E-state index in [1.807, 2.05) is 6.92 Å². The van der Waals surface area contributed by atoms with Crippen molar-refractivity contribution in [2.75, 3.05) is 39.4 Å². The number of fused-ring (bicyclic) bond motifs is 1. The topological polar surface area (TPSA) is 101 Å². The number of benzene rings is 1. The smallest absolute Gasteiger partial charge is 0.247 e. The average molecular weight is 625 g/mol. The van der Waals surface area contributed by atoms with Crippen molar-refractivity contribution >= 4 is 39.2 Å². The molecule has 2 fully saturated rings. The summed E-state index contributed by atoms with van der Waals surface area (Å²) in [5, 5.41) is 7.42. The molecule has 44 heavy (non-hydrogen) atoms. The Bertz CT molecular complexity index is 1260. The minimum atomic E-state index is -0.289. The zero-order valence-electron chi connectivity index (χ0n) is 27.0. The zero-order chi connectivity index (χ0) is 31.5. The fourth-order valence-electron chi connectivity index (χ4n) is 6.30. The molecule has 242 valence electrons. The van der Waals surface area contributed by atoms with Gasteiger partial charge in [0.05, 0.1) is 28.4 Å². The summed E-state index contributed by atoms with van der Waals surface area (Å²) < 4.78 is 6.56. The molecule has 1 aromatic heterocycles. The van der Waals surface area contributed by atoms with Crippen molar-refractivity contribution in [1.82, 2.24) is 20.5 Å². The Morgan fingerprint density at radius 3 is 2.59 bits per heavy atom. The zero-order valence-corrected chi connectivity index (χ0v) is 27.8. The molecule has 9 heteroatoms. The first-order valence-corrected chi connectivity index (χ1v) is 17.5. The molecule has 1 saturated carbocycles. The number of hydrogen-bond acceptors (Lipinski definition) is 7. The minimum absolute atomic E-state index is 0.00645. The van der Waals surface area contributed by atoms with E-state index < -0.39 is 0 Å². The number of carbonyl (C=O) groups is 3. The highest BCUT2D eigenvalue weighted by molar-refractivity contribution is 7.18. The number of ether oxygens (including phenoxy) is 1. The third-order valence-electron chi connectivity index (χ3n) is 9.19. The normalized spacial score (nSPS) is 17.8. The summed E-state index contributed by atoms with van der Waals surface area (Å²) in [4.78, 5) is 46.1. The summed E-state index contributed by atoms with van der Waals surface area (Å²) in [6.45, 7) is 14.2. The quantitative estimate of drug-likeness (QED) is 0.229. The molecule has 8 nitrogen and oxygen atoms in total. The van der Waals surface area contributed by atoms with E-state index in [4.69, 9.17) is 9.72 Å². The van der Waals surface area contributed by atoms with Crippen LogP contribution in [0, 0.1) is 11.8 Å². The van der Waals surface area contributed by atoms with E-state index in [9.17, 15) is 14.4 Å². The molecule has 2 N–H and O–H groups in total. The lowest BCUT2D eigenvalue weighted by Crippen LogP contribution is -2.50. The molecule has 2 aliphatic rings. The van der Waals surface area contributed by atoms with Crippen LogP contribution >= 0.6 is 11.3 Å². The molecule has 4 rings (SSSR count). The number of nitrogens with one attached hydrogen (secondary N) is 2. The van der Waals surface area contributed by atoms with Gasteiger partial charge in [-0.15, -0.1) is 11.3 Å². The highest BCUT2D eigenvalue weighted by atomic mass is 32.1. The third-order valence-corrected chi connectivity index (χ3v) is 10.2. The molecule has 0 radical (unpaired) electrons. The number of ketones is 1. The number of amides is 2. The van der Waals surface area contributed by atoms with Crippen LogP contribution in [0.2, 0.25) is 0 Å². The van der Waals surface area contributed by atoms with Gasteiger partial charge in [-0.05, 0) is 55.2 Å². The summed E-state index contributed by atoms with van der Waals surface area (Å²) >= 11 is 1.66. The van der Waals surface area contributed by atoms with Gasteiger partial charge in [0.25, 0.3) is 0 Å². The summed E-state index contributed by atoms with van der Waals surface area (Å²) in [6, 6.07) is 6.28. The Morgan fingerprint density at radius 2 is 1.89 bits per heavy atom. The van der Waals surface area contributed by atoms with Gasteiger partial charge in [-0.1, -0.05) is 52.7 Å². The predicted octanol–water partition coefficient (Wildman–Crippen LogP) is 5.80. The van der Waals surface area contributed by atoms with E-state index in [0.717, 1.165) is 54.0 Å². The van der Waals surface area contributed by atoms with Crippen LogP contribution < -0.4 is 10.6 Å². The molecule has 0 unspecified atom stereocenters. The Labute approximate surface area is 267 Å². The molecular formula is C35H52N4O4S. The fraction of sp³-hybridized carbons (Fsp3) is 0.657. The summed E-state index contributed by atoms with van der Waals surface area (Å²) in [5.41, 5.74) is 2.79. The molecule has 1 aliphatic heterocycles. The Balaban J connectivity index is 1.44. The van der Waals surface area contributed by atoms with Crippen molar-refractivity contribution in [3.63, 3.8) is 0 Å². The second kappa shape index (κ2) is 17.2. The molecule has 1 aliphatic carbocycles. The number of aromatic nitrogens is 1. The van der Waals surface area contributed by atoms with E-state index in [1.54, 1.807) is 11.3 Å². The van der Waals surface area contributed by atoms with Gasteiger partial charge in [-0.3, -0.25) is 19.3 Å². The number of carbonyl (C=O) groups excluding carboxylic acids is 3. The molecule has 1 aromatic carbocycles. The van der Waals surface area contributed by atoms with Crippen molar-refractivity contribution in [3.05, 3.63) is 40.9 Å². The van der Waals surface area contributed by atoms with E-state index in [0.29, 0.717) is 75.8 Å². The lowest BCUT2D eigenvalue weighted by Gasteiger charge is -2.32. The maximum absolute atomic E-state index is 14.0. The molecule has 2 aromatic rings. The summed E-state index contributed by atoms with van der Waals surface area (Å²) in [5.74, 6) is 0.533. The van der Waals surface area contributed by atoms with Gasteiger partial charge >= 0.3 is 0 Å². The Morgan fingerprint density at radius 1 is 1.14 bits per heavy atom. The van der Waals surface area contributed by atoms with Crippen LogP contribution in [0.1, 0.15) is 95.0 Å². The number of morpholine rings is 1. The summed E-state index contributed by atoms with van der Waals surface area (Å²) in [6.07, 6.45) is 8.44. The largest absolute Gasteiger partial charge is 0.379 e. The van der Waals surface area contributed by atoms with Crippen molar-refractivity contribution < 1.29 is 19.1 Å². The van der Waals surface area contributed by atoms with Gasteiger partial charge < -0.3 is 15.4 Å². The first kappa shape index (κ1) is 34.3. The number of Topliss-reactive ketones (excluding diaryl/α,β-unsaturated/α-hetero) is 1. The van der Waals surface area contributed by atoms with Crippen molar-refractivity contribution in [3.8, 4) is 0 Å². The number of hydrogen-bond donors (Lipinski definition) is 2. The highest BCUT2D eigenvalue weighted by Crippen LogP contribution is 2.30. The van der Waals surface area contributed by atoms with Gasteiger partial charge in [-0.25, -0.2) is 4.98 Å². The molecule has 2 heterocycles. The van der Waals surface area contributed by atoms with E-state index in [2.05, 4.69) is 54.2 Å². The third kappa shape index (κ3) is 10.2. The average Bonchev–Trinajstić information content (AvgIpc) is 3.44. The molecule has 2 atom stereocenters. The van der Waals surface area contributed by atoms with Crippen molar-refractivity contribution in [2.45, 2.75) is 96.9 Å². The van der Waals surface area contributed by atoms with Gasteiger partial charge in [0, 0.05) is 63.0 Å². The second-order valence-corrected chi connectivity index (χ2v) is 14.0. The number of nitrogens with zero attached hydrogens (tertiary/aromatic N) is 2. The molecule has 0 bridgehead atoms. The van der Waals surface area contributed by atoms with Crippen LogP contribution in [-0.2, 0) is 25.5 Å². The minimum Gasteiger partial charge on any atom is -0.379 e. The van der Waals surface area contributed by atoms with Gasteiger partial charge in [0.2, 0.25) is 11.8 Å². The van der Waals surface area contributed by atoms with E-state index in [1.165, 1.54) is 12.0 Å². The van der Waals surface area contributed by atoms with E-state index in [-0.39, 0.29) is 29.6 Å².